The predicted molar refractivity (Wildman–Crippen MR) is 78.5 cm³/mol. The Hall–Kier alpha value is -1.33. The highest BCUT2D eigenvalue weighted by Crippen LogP contribution is 2.25. The number of nitrogens with zero attached hydrogens (tertiary/aromatic N) is 1. The largest absolute Gasteiger partial charge is 0.334 e. The summed E-state index contributed by atoms with van der Waals surface area (Å²) in [7, 11) is 1.68. The standard InChI is InChI=1S/C14H14FNOS2/c1-9(13-4-3-7-19-13)16(2)14(17)11-8-10(18)5-6-12(11)15/h3-9,18H,1-2H3. The molecule has 0 radical (unpaired) electrons. The van der Waals surface area contributed by atoms with Crippen LogP contribution < -0.4 is 0 Å². The molecule has 0 fully saturated rings. The van der Waals surface area contributed by atoms with Crippen LogP contribution in [0.2, 0.25) is 0 Å². The van der Waals surface area contributed by atoms with Gasteiger partial charge in [0.15, 0.2) is 0 Å². The summed E-state index contributed by atoms with van der Waals surface area (Å²) < 4.78 is 13.7. The van der Waals surface area contributed by atoms with Gasteiger partial charge in [-0.25, -0.2) is 4.39 Å². The Morgan fingerprint density at radius 2 is 2.16 bits per heavy atom. The van der Waals surface area contributed by atoms with Gasteiger partial charge >= 0.3 is 0 Å². The predicted octanol–water partition coefficient (Wildman–Crippen LogP) is 4.01. The Morgan fingerprint density at radius 3 is 2.79 bits per heavy atom. The van der Waals surface area contributed by atoms with Crippen molar-refractivity contribution in [3.63, 3.8) is 0 Å². The minimum atomic E-state index is -0.520. The lowest BCUT2D eigenvalue weighted by atomic mass is 10.1. The molecule has 1 amide bonds. The van der Waals surface area contributed by atoms with Gasteiger partial charge in [0.1, 0.15) is 5.82 Å². The summed E-state index contributed by atoms with van der Waals surface area (Å²) in [6.07, 6.45) is 0. The molecule has 1 aromatic carbocycles. The summed E-state index contributed by atoms with van der Waals surface area (Å²) in [6.45, 7) is 1.92. The van der Waals surface area contributed by atoms with Crippen LogP contribution in [0.1, 0.15) is 28.2 Å². The fourth-order valence-corrected chi connectivity index (χ4v) is 2.79. The molecule has 0 aliphatic rings. The smallest absolute Gasteiger partial charge is 0.257 e. The quantitative estimate of drug-likeness (QED) is 0.848. The van der Waals surface area contributed by atoms with Gasteiger partial charge in [0, 0.05) is 16.8 Å². The van der Waals surface area contributed by atoms with Crippen molar-refractivity contribution in [3.8, 4) is 0 Å². The topological polar surface area (TPSA) is 20.3 Å². The number of hydrogen-bond donors (Lipinski definition) is 1. The Bertz CT molecular complexity index is 583. The number of amides is 1. The van der Waals surface area contributed by atoms with E-state index in [9.17, 15) is 9.18 Å². The Kier molecular flexibility index (Phi) is 4.27. The van der Waals surface area contributed by atoms with E-state index in [1.54, 1.807) is 18.4 Å². The number of thiophene rings is 1. The average molecular weight is 295 g/mol. The van der Waals surface area contributed by atoms with Crippen LogP contribution in [0.15, 0.2) is 40.6 Å². The van der Waals surface area contributed by atoms with Crippen molar-refractivity contribution < 1.29 is 9.18 Å². The van der Waals surface area contributed by atoms with Gasteiger partial charge in [0.25, 0.3) is 5.91 Å². The number of halogens is 1. The van der Waals surface area contributed by atoms with E-state index in [2.05, 4.69) is 12.6 Å². The highest BCUT2D eigenvalue weighted by molar-refractivity contribution is 7.80. The van der Waals surface area contributed by atoms with Crippen molar-refractivity contribution in [1.29, 1.82) is 0 Å². The molecule has 1 aromatic heterocycles. The van der Waals surface area contributed by atoms with Crippen LogP contribution in [-0.4, -0.2) is 17.9 Å². The number of thiol groups is 1. The SMILES string of the molecule is CC(c1cccs1)N(C)C(=O)c1cc(S)ccc1F. The third-order valence-electron chi connectivity index (χ3n) is 3.04. The Balaban J connectivity index is 2.26. The molecule has 2 rings (SSSR count). The van der Waals surface area contributed by atoms with E-state index < -0.39 is 5.82 Å². The van der Waals surface area contributed by atoms with Crippen molar-refractivity contribution in [1.82, 2.24) is 4.90 Å². The van der Waals surface area contributed by atoms with E-state index >= 15 is 0 Å². The van der Waals surface area contributed by atoms with Gasteiger partial charge in [-0.05, 0) is 36.6 Å². The van der Waals surface area contributed by atoms with Gasteiger partial charge in [-0.2, -0.15) is 0 Å². The van der Waals surface area contributed by atoms with Crippen LogP contribution in [0.25, 0.3) is 0 Å². The van der Waals surface area contributed by atoms with Gasteiger partial charge in [-0.3, -0.25) is 4.79 Å². The Morgan fingerprint density at radius 1 is 1.42 bits per heavy atom. The van der Waals surface area contributed by atoms with Gasteiger partial charge in [-0.15, -0.1) is 24.0 Å². The summed E-state index contributed by atoms with van der Waals surface area (Å²) >= 11 is 5.72. The lowest BCUT2D eigenvalue weighted by Crippen LogP contribution is -2.29. The Labute approximate surface area is 121 Å². The molecule has 0 aliphatic carbocycles. The molecule has 2 nitrogen and oxygen atoms in total. The van der Waals surface area contributed by atoms with E-state index in [1.807, 2.05) is 24.4 Å². The van der Waals surface area contributed by atoms with Crippen molar-refractivity contribution >= 4 is 29.9 Å². The lowest BCUT2D eigenvalue weighted by Gasteiger charge is -2.24. The molecule has 1 heterocycles. The monoisotopic (exact) mass is 295 g/mol. The maximum Gasteiger partial charge on any atom is 0.257 e. The van der Waals surface area contributed by atoms with Crippen LogP contribution in [0.4, 0.5) is 4.39 Å². The van der Waals surface area contributed by atoms with E-state index in [0.29, 0.717) is 4.90 Å². The fourth-order valence-electron chi connectivity index (χ4n) is 1.76. The number of rotatable bonds is 3. The third-order valence-corrected chi connectivity index (χ3v) is 4.36. The maximum absolute atomic E-state index is 13.7. The number of carbonyl (C=O) groups excluding carboxylic acids is 1. The number of benzene rings is 1. The third kappa shape index (κ3) is 2.98. The van der Waals surface area contributed by atoms with Crippen LogP contribution in [0.3, 0.4) is 0 Å². The highest BCUT2D eigenvalue weighted by atomic mass is 32.1. The zero-order chi connectivity index (χ0) is 14.0. The van der Waals surface area contributed by atoms with Crippen molar-refractivity contribution in [3.05, 3.63) is 52.0 Å². The first-order chi connectivity index (χ1) is 9.00. The minimum absolute atomic E-state index is 0.0541. The molecular weight excluding hydrogens is 281 g/mol. The van der Waals surface area contributed by atoms with Crippen molar-refractivity contribution in [2.75, 3.05) is 7.05 Å². The fraction of sp³-hybridized carbons (Fsp3) is 0.214. The highest BCUT2D eigenvalue weighted by Gasteiger charge is 2.22. The second kappa shape index (κ2) is 5.75. The van der Waals surface area contributed by atoms with E-state index in [1.165, 1.54) is 23.1 Å². The second-order valence-electron chi connectivity index (χ2n) is 4.27. The van der Waals surface area contributed by atoms with Crippen LogP contribution >= 0.6 is 24.0 Å². The summed E-state index contributed by atoms with van der Waals surface area (Å²) in [6, 6.07) is 8.06. The normalized spacial score (nSPS) is 12.2. The van der Waals surface area contributed by atoms with Crippen LogP contribution in [-0.2, 0) is 0 Å². The first kappa shape index (κ1) is 14.1. The molecule has 0 N–H and O–H groups in total. The second-order valence-corrected chi connectivity index (χ2v) is 5.77. The van der Waals surface area contributed by atoms with Gasteiger partial charge < -0.3 is 4.90 Å². The number of hydrogen-bond acceptors (Lipinski definition) is 3. The minimum Gasteiger partial charge on any atom is -0.334 e. The first-order valence-electron chi connectivity index (χ1n) is 5.79. The molecule has 0 spiro atoms. The molecule has 0 aliphatic heterocycles. The zero-order valence-corrected chi connectivity index (χ0v) is 12.3. The molecule has 2 aromatic rings. The first-order valence-corrected chi connectivity index (χ1v) is 7.12. The van der Waals surface area contributed by atoms with Crippen molar-refractivity contribution in [2.24, 2.45) is 0 Å². The molecule has 5 heteroatoms. The molecular formula is C14H14FNOS2. The van der Waals surface area contributed by atoms with Crippen LogP contribution in [0.5, 0.6) is 0 Å². The van der Waals surface area contributed by atoms with E-state index in [0.717, 1.165) is 4.88 Å². The molecule has 1 atom stereocenters. The van der Waals surface area contributed by atoms with Crippen molar-refractivity contribution in [2.45, 2.75) is 17.9 Å². The zero-order valence-electron chi connectivity index (χ0n) is 10.6. The molecule has 19 heavy (non-hydrogen) atoms. The molecule has 100 valence electrons. The van der Waals surface area contributed by atoms with Gasteiger partial charge in [0.05, 0.1) is 11.6 Å². The van der Waals surface area contributed by atoms with Gasteiger partial charge in [-0.1, -0.05) is 6.07 Å². The lowest BCUT2D eigenvalue weighted by molar-refractivity contribution is 0.0740. The maximum atomic E-state index is 13.7. The average Bonchev–Trinajstić information content (AvgIpc) is 2.93. The molecule has 0 saturated carbocycles. The molecule has 0 saturated heterocycles. The van der Waals surface area contributed by atoms with E-state index in [-0.39, 0.29) is 17.5 Å². The van der Waals surface area contributed by atoms with Gasteiger partial charge in [0.2, 0.25) is 0 Å². The van der Waals surface area contributed by atoms with E-state index in [4.69, 9.17) is 0 Å². The van der Waals surface area contributed by atoms with Crippen LogP contribution in [0, 0.1) is 5.82 Å². The number of carbonyl (C=O) groups is 1. The molecule has 1 unspecified atom stereocenters. The molecule has 0 bridgehead atoms. The summed E-state index contributed by atoms with van der Waals surface area (Å²) in [5.41, 5.74) is 0.0541. The summed E-state index contributed by atoms with van der Waals surface area (Å²) in [5.74, 6) is -0.859. The summed E-state index contributed by atoms with van der Waals surface area (Å²) in [4.78, 5) is 15.5. The summed E-state index contributed by atoms with van der Waals surface area (Å²) in [5, 5.41) is 1.96.